The Morgan fingerprint density at radius 1 is 1.42 bits per heavy atom. The van der Waals surface area contributed by atoms with Crippen molar-refractivity contribution < 1.29 is 4.74 Å². The minimum atomic E-state index is -0.498. The second-order valence-corrected chi connectivity index (χ2v) is 5.12. The van der Waals surface area contributed by atoms with Crippen LogP contribution in [0.3, 0.4) is 0 Å². The molecule has 0 saturated carbocycles. The number of nitrogens with zero attached hydrogens (tertiary/aromatic N) is 1. The molecule has 0 aromatic heterocycles. The number of ether oxygens (including phenoxy) is 1. The smallest absolute Gasteiger partial charge is 0.125 e. The normalized spacial score (nSPS) is 15.1. The van der Waals surface area contributed by atoms with Gasteiger partial charge in [-0.25, -0.2) is 0 Å². The molecule has 104 valence electrons. The highest BCUT2D eigenvalue weighted by molar-refractivity contribution is 5.51. The molecule has 0 bridgehead atoms. The van der Waals surface area contributed by atoms with Gasteiger partial charge in [0.1, 0.15) is 11.3 Å². The summed E-state index contributed by atoms with van der Waals surface area (Å²) in [7, 11) is 1.65. The Morgan fingerprint density at radius 2 is 2.16 bits per heavy atom. The highest BCUT2D eigenvalue weighted by Crippen LogP contribution is 2.28. The predicted molar refractivity (Wildman–Crippen MR) is 79.3 cm³/mol. The zero-order valence-electron chi connectivity index (χ0n) is 12.4. The maximum Gasteiger partial charge on any atom is 0.125 e. The van der Waals surface area contributed by atoms with Crippen molar-refractivity contribution in [1.82, 2.24) is 0 Å². The van der Waals surface area contributed by atoms with E-state index in [-0.39, 0.29) is 0 Å². The van der Waals surface area contributed by atoms with Gasteiger partial charge in [0.15, 0.2) is 0 Å². The lowest BCUT2D eigenvalue weighted by molar-refractivity contribution is 0.402. The lowest BCUT2D eigenvalue weighted by atomic mass is 9.85. The number of benzene rings is 1. The van der Waals surface area contributed by atoms with E-state index >= 15 is 0 Å². The number of nitriles is 1. The summed E-state index contributed by atoms with van der Waals surface area (Å²) < 4.78 is 5.22. The fourth-order valence-corrected chi connectivity index (χ4v) is 2.15. The topological polar surface area (TPSA) is 45.0 Å². The van der Waals surface area contributed by atoms with E-state index in [1.165, 1.54) is 0 Å². The van der Waals surface area contributed by atoms with E-state index in [1.54, 1.807) is 7.11 Å². The lowest BCUT2D eigenvalue weighted by Crippen LogP contribution is -2.37. The Bertz CT molecular complexity index is 439. The highest BCUT2D eigenvalue weighted by atomic mass is 16.5. The zero-order chi connectivity index (χ0) is 14.3. The number of hydrogen-bond donors (Lipinski definition) is 1. The second-order valence-electron chi connectivity index (χ2n) is 5.12. The third kappa shape index (κ3) is 4.17. The van der Waals surface area contributed by atoms with Crippen molar-refractivity contribution in [2.45, 2.75) is 45.6 Å². The molecule has 0 aliphatic carbocycles. The molecule has 1 aromatic rings. The minimum Gasteiger partial charge on any atom is -0.497 e. The van der Waals surface area contributed by atoms with E-state index in [0.717, 1.165) is 30.7 Å². The van der Waals surface area contributed by atoms with E-state index in [1.807, 2.05) is 24.3 Å². The number of hydrogen-bond acceptors (Lipinski definition) is 3. The summed E-state index contributed by atoms with van der Waals surface area (Å²) in [4.78, 5) is 0. The Balaban J connectivity index is 2.91. The number of nitrogens with one attached hydrogen (secondary N) is 1. The van der Waals surface area contributed by atoms with Gasteiger partial charge in [0.2, 0.25) is 0 Å². The SMILES string of the molecule is CCC(C)CC(C#N)(CC)Nc1cccc(OC)c1. The van der Waals surface area contributed by atoms with Crippen LogP contribution in [0.1, 0.15) is 40.0 Å². The first-order valence-corrected chi connectivity index (χ1v) is 6.92. The third-order valence-corrected chi connectivity index (χ3v) is 3.66. The van der Waals surface area contributed by atoms with Crippen molar-refractivity contribution in [2.75, 3.05) is 12.4 Å². The molecule has 3 heteroatoms. The van der Waals surface area contributed by atoms with Gasteiger partial charge in [0.05, 0.1) is 13.2 Å². The Hall–Kier alpha value is -1.69. The predicted octanol–water partition coefficient (Wildman–Crippen LogP) is 4.22. The van der Waals surface area contributed by atoms with Crippen molar-refractivity contribution in [3.63, 3.8) is 0 Å². The van der Waals surface area contributed by atoms with Crippen LogP contribution in [0, 0.1) is 17.2 Å². The minimum absolute atomic E-state index is 0.498. The van der Waals surface area contributed by atoms with Gasteiger partial charge in [-0.3, -0.25) is 0 Å². The molecule has 0 fully saturated rings. The fourth-order valence-electron chi connectivity index (χ4n) is 2.15. The standard InChI is InChI=1S/C16H24N2O/c1-5-13(3)11-16(6-2,12-17)18-14-8-7-9-15(10-14)19-4/h7-10,13,18H,5-6,11H2,1-4H3. The maximum atomic E-state index is 9.57. The van der Waals surface area contributed by atoms with Gasteiger partial charge in [-0.05, 0) is 30.9 Å². The van der Waals surface area contributed by atoms with Gasteiger partial charge in [0.25, 0.3) is 0 Å². The van der Waals surface area contributed by atoms with Crippen LogP contribution in [0.2, 0.25) is 0 Å². The van der Waals surface area contributed by atoms with E-state index in [0.29, 0.717) is 5.92 Å². The summed E-state index contributed by atoms with van der Waals surface area (Å²) in [6, 6.07) is 10.2. The average Bonchev–Trinajstić information content (AvgIpc) is 2.46. The number of methoxy groups -OCH3 is 1. The first-order valence-electron chi connectivity index (χ1n) is 6.92. The van der Waals surface area contributed by atoms with Crippen LogP contribution in [-0.2, 0) is 0 Å². The van der Waals surface area contributed by atoms with Crippen molar-refractivity contribution >= 4 is 5.69 Å². The van der Waals surface area contributed by atoms with Gasteiger partial charge < -0.3 is 10.1 Å². The summed E-state index contributed by atoms with van der Waals surface area (Å²) in [6.45, 7) is 6.40. The lowest BCUT2D eigenvalue weighted by Gasteiger charge is -2.30. The summed E-state index contributed by atoms with van der Waals surface area (Å²) in [5, 5.41) is 13.0. The molecule has 0 radical (unpaired) electrons. The monoisotopic (exact) mass is 260 g/mol. The van der Waals surface area contributed by atoms with Crippen molar-refractivity contribution in [3.05, 3.63) is 24.3 Å². The van der Waals surface area contributed by atoms with Gasteiger partial charge >= 0.3 is 0 Å². The van der Waals surface area contributed by atoms with Crippen LogP contribution in [-0.4, -0.2) is 12.6 Å². The van der Waals surface area contributed by atoms with E-state index in [9.17, 15) is 5.26 Å². The van der Waals surface area contributed by atoms with Crippen LogP contribution in [0.15, 0.2) is 24.3 Å². The van der Waals surface area contributed by atoms with Crippen molar-refractivity contribution in [1.29, 1.82) is 5.26 Å². The summed E-state index contributed by atoms with van der Waals surface area (Å²) in [5.41, 5.74) is 0.438. The fraction of sp³-hybridized carbons (Fsp3) is 0.562. The molecule has 19 heavy (non-hydrogen) atoms. The zero-order valence-corrected chi connectivity index (χ0v) is 12.4. The van der Waals surface area contributed by atoms with Crippen LogP contribution in [0.25, 0.3) is 0 Å². The number of anilines is 1. The Kier molecular flexibility index (Phi) is 5.69. The van der Waals surface area contributed by atoms with Crippen LogP contribution in [0.5, 0.6) is 5.75 Å². The van der Waals surface area contributed by atoms with E-state index in [4.69, 9.17) is 4.74 Å². The van der Waals surface area contributed by atoms with Crippen LogP contribution < -0.4 is 10.1 Å². The summed E-state index contributed by atoms with van der Waals surface area (Å²) in [6.07, 6.45) is 2.72. The molecule has 0 aliphatic heterocycles. The Labute approximate surface area is 116 Å². The molecule has 2 unspecified atom stereocenters. The van der Waals surface area contributed by atoms with Gasteiger partial charge in [-0.15, -0.1) is 0 Å². The molecular weight excluding hydrogens is 236 g/mol. The summed E-state index contributed by atoms with van der Waals surface area (Å²) in [5.74, 6) is 1.33. The molecule has 1 rings (SSSR count). The highest BCUT2D eigenvalue weighted by Gasteiger charge is 2.29. The largest absolute Gasteiger partial charge is 0.497 e. The molecule has 0 heterocycles. The molecule has 3 nitrogen and oxygen atoms in total. The molecular formula is C16H24N2O. The molecule has 0 spiro atoms. The first kappa shape index (κ1) is 15.4. The van der Waals surface area contributed by atoms with Gasteiger partial charge in [-0.1, -0.05) is 33.3 Å². The Morgan fingerprint density at radius 3 is 2.68 bits per heavy atom. The van der Waals surface area contributed by atoms with Crippen LogP contribution >= 0.6 is 0 Å². The first-order chi connectivity index (χ1) is 9.09. The maximum absolute atomic E-state index is 9.57. The third-order valence-electron chi connectivity index (χ3n) is 3.66. The van der Waals surface area contributed by atoms with Gasteiger partial charge in [-0.2, -0.15) is 5.26 Å². The molecule has 2 atom stereocenters. The molecule has 0 amide bonds. The van der Waals surface area contributed by atoms with Crippen molar-refractivity contribution in [2.24, 2.45) is 5.92 Å². The average molecular weight is 260 g/mol. The quantitative estimate of drug-likeness (QED) is 0.798. The van der Waals surface area contributed by atoms with Gasteiger partial charge in [0, 0.05) is 11.8 Å². The van der Waals surface area contributed by atoms with Crippen molar-refractivity contribution in [3.8, 4) is 11.8 Å². The molecule has 1 aromatic carbocycles. The molecule has 0 saturated heterocycles. The number of rotatable bonds is 7. The molecule has 1 N–H and O–H groups in total. The van der Waals surface area contributed by atoms with Crippen LogP contribution in [0.4, 0.5) is 5.69 Å². The molecule has 0 aliphatic rings. The second kappa shape index (κ2) is 7.04. The summed E-state index contributed by atoms with van der Waals surface area (Å²) >= 11 is 0. The van der Waals surface area contributed by atoms with E-state index < -0.39 is 5.54 Å². The van der Waals surface area contributed by atoms with E-state index in [2.05, 4.69) is 32.2 Å².